The van der Waals surface area contributed by atoms with Crippen molar-refractivity contribution < 1.29 is 13.9 Å². The van der Waals surface area contributed by atoms with Crippen LogP contribution in [0.1, 0.15) is 23.1 Å². The zero-order chi connectivity index (χ0) is 20.8. The topological polar surface area (TPSA) is 54.5 Å². The van der Waals surface area contributed by atoms with Gasteiger partial charge in [-0.15, -0.1) is 0 Å². The average Bonchev–Trinajstić information content (AvgIpc) is 2.76. The van der Waals surface area contributed by atoms with E-state index in [1.165, 1.54) is 17.7 Å². The second-order valence-corrected chi connectivity index (χ2v) is 7.37. The van der Waals surface area contributed by atoms with Crippen LogP contribution in [0, 0.1) is 5.82 Å². The maximum Gasteiger partial charge on any atom is 0.238 e. The van der Waals surface area contributed by atoms with E-state index in [4.69, 9.17) is 9.72 Å². The van der Waals surface area contributed by atoms with Crippen LogP contribution < -0.4 is 5.32 Å². The van der Waals surface area contributed by atoms with E-state index in [2.05, 4.69) is 22.3 Å². The van der Waals surface area contributed by atoms with E-state index in [1.807, 2.05) is 36.4 Å². The molecule has 2 aromatic carbocycles. The van der Waals surface area contributed by atoms with E-state index in [0.717, 1.165) is 17.8 Å². The molecule has 1 aliphatic rings. The number of pyridine rings is 1. The Hall–Kier alpha value is -3.09. The van der Waals surface area contributed by atoms with Crippen LogP contribution >= 0.6 is 0 Å². The molecule has 1 aliphatic heterocycles. The van der Waals surface area contributed by atoms with E-state index in [0.29, 0.717) is 25.4 Å². The molecule has 3 aromatic rings. The molecule has 154 valence electrons. The lowest BCUT2D eigenvalue weighted by Gasteiger charge is -2.32. The van der Waals surface area contributed by atoms with Crippen molar-refractivity contribution in [2.24, 2.45) is 0 Å². The summed E-state index contributed by atoms with van der Waals surface area (Å²) in [4.78, 5) is 19.2. The normalized spacial score (nSPS) is 16.9. The molecule has 0 bridgehead atoms. The molecule has 5 nitrogen and oxygen atoms in total. The van der Waals surface area contributed by atoms with Gasteiger partial charge in [0, 0.05) is 30.9 Å². The number of morpholine rings is 1. The number of amides is 1. The molecular weight excluding hydrogens is 381 g/mol. The highest BCUT2D eigenvalue weighted by Gasteiger charge is 2.24. The Morgan fingerprint density at radius 3 is 2.67 bits per heavy atom. The largest absolute Gasteiger partial charge is 0.369 e. The molecule has 1 amide bonds. The fourth-order valence-electron chi connectivity index (χ4n) is 3.54. The Morgan fingerprint density at radius 1 is 1.07 bits per heavy atom. The minimum atomic E-state index is -0.328. The third-order valence-corrected chi connectivity index (χ3v) is 5.03. The van der Waals surface area contributed by atoms with Crippen molar-refractivity contribution in [1.29, 1.82) is 0 Å². The summed E-state index contributed by atoms with van der Waals surface area (Å²) in [5.41, 5.74) is 3.67. The number of carbonyl (C=O) groups excluding carboxylic acids is 1. The monoisotopic (exact) mass is 405 g/mol. The number of nitrogens with one attached hydrogen (secondary N) is 1. The van der Waals surface area contributed by atoms with Crippen molar-refractivity contribution in [3.8, 4) is 0 Å². The van der Waals surface area contributed by atoms with Crippen molar-refractivity contribution >= 4 is 11.6 Å². The fourth-order valence-corrected chi connectivity index (χ4v) is 3.54. The molecule has 0 aliphatic carbocycles. The SMILES string of the molecule is O=C(CN1CCOC(c2cccc(Cc3ccccc3)n2)C1)Nc1ccc(F)cc1. The van der Waals surface area contributed by atoms with Crippen molar-refractivity contribution in [1.82, 2.24) is 9.88 Å². The second-order valence-electron chi connectivity index (χ2n) is 7.37. The van der Waals surface area contributed by atoms with Gasteiger partial charge in [0.15, 0.2) is 0 Å². The van der Waals surface area contributed by atoms with Crippen molar-refractivity contribution in [2.45, 2.75) is 12.5 Å². The zero-order valence-electron chi connectivity index (χ0n) is 16.6. The Bertz CT molecular complexity index is 979. The Kier molecular flexibility index (Phi) is 6.47. The van der Waals surface area contributed by atoms with Crippen LogP contribution in [0.2, 0.25) is 0 Å². The van der Waals surface area contributed by atoms with E-state index in [1.54, 1.807) is 12.1 Å². The molecule has 0 radical (unpaired) electrons. The lowest BCUT2D eigenvalue weighted by molar-refractivity contribution is -0.119. The minimum Gasteiger partial charge on any atom is -0.369 e. The van der Waals surface area contributed by atoms with Crippen LogP contribution in [-0.2, 0) is 16.0 Å². The molecule has 0 spiro atoms. The molecule has 1 unspecified atom stereocenters. The highest BCUT2D eigenvalue weighted by atomic mass is 19.1. The first kappa shape index (κ1) is 20.2. The molecule has 1 fully saturated rings. The van der Waals surface area contributed by atoms with Crippen LogP contribution in [-0.4, -0.2) is 42.0 Å². The van der Waals surface area contributed by atoms with Gasteiger partial charge in [-0.1, -0.05) is 36.4 Å². The Morgan fingerprint density at radius 2 is 1.87 bits per heavy atom. The smallest absolute Gasteiger partial charge is 0.238 e. The lowest BCUT2D eigenvalue weighted by Crippen LogP contribution is -2.42. The lowest BCUT2D eigenvalue weighted by atomic mass is 10.1. The molecule has 1 saturated heterocycles. The maximum atomic E-state index is 13.0. The van der Waals surface area contributed by atoms with Crippen LogP contribution in [0.4, 0.5) is 10.1 Å². The summed E-state index contributed by atoms with van der Waals surface area (Å²) in [5, 5.41) is 2.80. The van der Waals surface area contributed by atoms with Crippen LogP contribution in [0.25, 0.3) is 0 Å². The summed E-state index contributed by atoms with van der Waals surface area (Å²) in [6.07, 6.45) is 0.596. The van der Waals surface area contributed by atoms with Crippen LogP contribution in [0.15, 0.2) is 72.8 Å². The zero-order valence-corrected chi connectivity index (χ0v) is 16.6. The predicted octanol–water partition coefficient (Wildman–Crippen LogP) is 3.82. The van der Waals surface area contributed by atoms with Gasteiger partial charge < -0.3 is 10.1 Å². The van der Waals surface area contributed by atoms with Gasteiger partial charge in [0.25, 0.3) is 0 Å². The quantitative estimate of drug-likeness (QED) is 0.677. The number of anilines is 1. The molecule has 1 N–H and O–H groups in total. The number of carbonyl (C=O) groups is 1. The highest BCUT2D eigenvalue weighted by Crippen LogP contribution is 2.21. The van der Waals surface area contributed by atoms with Crippen molar-refractivity contribution in [2.75, 3.05) is 31.6 Å². The standard InChI is InChI=1S/C24H24FN3O2/c25-19-9-11-20(12-10-19)27-24(29)17-28-13-14-30-23(16-28)22-8-4-7-21(26-22)15-18-5-2-1-3-6-18/h1-12,23H,13-17H2,(H,27,29). The molecule has 2 heterocycles. The van der Waals surface area contributed by atoms with E-state index >= 15 is 0 Å². The van der Waals surface area contributed by atoms with Gasteiger partial charge >= 0.3 is 0 Å². The third-order valence-electron chi connectivity index (χ3n) is 5.03. The fraction of sp³-hybridized carbons (Fsp3) is 0.250. The first-order valence-corrected chi connectivity index (χ1v) is 10.0. The number of halogens is 1. The first-order chi connectivity index (χ1) is 14.7. The van der Waals surface area contributed by atoms with Gasteiger partial charge in [-0.05, 0) is 42.0 Å². The second kappa shape index (κ2) is 9.61. The van der Waals surface area contributed by atoms with Crippen LogP contribution in [0.5, 0.6) is 0 Å². The molecular formula is C24H24FN3O2. The number of aromatic nitrogens is 1. The number of hydrogen-bond donors (Lipinski definition) is 1. The molecule has 30 heavy (non-hydrogen) atoms. The van der Waals surface area contributed by atoms with Crippen molar-refractivity contribution in [3.63, 3.8) is 0 Å². The van der Waals surface area contributed by atoms with Crippen LogP contribution in [0.3, 0.4) is 0 Å². The maximum absolute atomic E-state index is 13.0. The summed E-state index contributed by atoms with van der Waals surface area (Å²) < 4.78 is 18.9. The number of rotatable bonds is 6. The molecule has 1 atom stereocenters. The van der Waals surface area contributed by atoms with Gasteiger partial charge in [0.1, 0.15) is 11.9 Å². The Labute approximate surface area is 175 Å². The average molecular weight is 405 g/mol. The number of nitrogens with zero attached hydrogens (tertiary/aromatic N) is 2. The molecule has 4 rings (SSSR count). The van der Waals surface area contributed by atoms with Gasteiger partial charge in [-0.25, -0.2) is 4.39 Å². The van der Waals surface area contributed by atoms with E-state index in [-0.39, 0.29) is 24.4 Å². The minimum absolute atomic E-state index is 0.131. The number of benzene rings is 2. The van der Waals surface area contributed by atoms with Gasteiger partial charge in [0.05, 0.1) is 18.8 Å². The summed E-state index contributed by atoms with van der Waals surface area (Å²) >= 11 is 0. The highest BCUT2D eigenvalue weighted by molar-refractivity contribution is 5.92. The summed E-state index contributed by atoms with van der Waals surface area (Å²) in [6.45, 7) is 2.07. The molecule has 1 aromatic heterocycles. The first-order valence-electron chi connectivity index (χ1n) is 10.0. The van der Waals surface area contributed by atoms with Crippen molar-refractivity contribution in [3.05, 3.63) is 95.6 Å². The molecule has 6 heteroatoms. The van der Waals surface area contributed by atoms with E-state index in [9.17, 15) is 9.18 Å². The van der Waals surface area contributed by atoms with Gasteiger partial charge in [0.2, 0.25) is 5.91 Å². The third kappa shape index (κ3) is 5.49. The summed E-state index contributed by atoms with van der Waals surface area (Å²) in [6, 6.07) is 22.0. The van der Waals surface area contributed by atoms with Gasteiger partial charge in [-0.2, -0.15) is 0 Å². The number of hydrogen-bond acceptors (Lipinski definition) is 4. The summed E-state index contributed by atoms with van der Waals surface area (Å²) in [7, 11) is 0. The van der Waals surface area contributed by atoms with Gasteiger partial charge in [-0.3, -0.25) is 14.7 Å². The Balaban J connectivity index is 1.36. The molecule has 0 saturated carbocycles. The predicted molar refractivity (Wildman–Crippen MR) is 114 cm³/mol. The summed E-state index contributed by atoms with van der Waals surface area (Å²) in [5.74, 6) is -0.459. The number of ether oxygens (including phenoxy) is 1. The van der Waals surface area contributed by atoms with E-state index < -0.39 is 0 Å².